The van der Waals surface area contributed by atoms with Crippen LogP contribution >= 0.6 is 0 Å². The predicted molar refractivity (Wildman–Crippen MR) is 82.9 cm³/mol. The highest BCUT2D eigenvalue weighted by atomic mass is 16.5. The molecule has 1 fully saturated rings. The molecular formula is C16H25N3O2. The van der Waals surface area contributed by atoms with E-state index in [1.807, 2.05) is 31.2 Å². The summed E-state index contributed by atoms with van der Waals surface area (Å²) < 4.78 is 5.33. The number of carbonyl (C=O) groups excluding carboxylic acids is 1. The van der Waals surface area contributed by atoms with Gasteiger partial charge in [-0.1, -0.05) is 24.3 Å². The van der Waals surface area contributed by atoms with Gasteiger partial charge in [-0.15, -0.1) is 0 Å². The Morgan fingerprint density at radius 1 is 1.33 bits per heavy atom. The van der Waals surface area contributed by atoms with Gasteiger partial charge in [0.2, 0.25) is 5.91 Å². The van der Waals surface area contributed by atoms with Crippen LogP contribution in [-0.2, 0) is 22.5 Å². The molecule has 116 valence electrons. The van der Waals surface area contributed by atoms with Gasteiger partial charge in [0.1, 0.15) is 0 Å². The molecule has 1 aromatic carbocycles. The van der Waals surface area contributed by atoms with Crippen molar-refractivity contribution in [2.24, 2.45) is 5.73 Å². The number of hydrogen-bond donors (Lipinski definition) is 2. The van der Waals surface area contributed by atoms with E-state index in [1.165, 1.54) is 0 Å². The number of carbonyl (C=O) groups is 1. The van der Waals surface area contributed by atoms with Gasteiger partial charge in [-0.3, -0.25) is 9.69 Å². The van der Waals surface area contributed by atoms with Crippen LogP contribution in [0.15, 0.2) is 24.3 Å². The lowest BCUT2D eigenvalue weighted by Crippen LogP contribution is -2.46. The number of ether oxygens (including phenoxy) is 1. The number of morpholine rings is 1. The van der Waals surface area contributed by atoms with Gasteiger partial charge in [0.05, 0.1) is 19.6 Å². The van der Waals surface area contributed by atoms with E-state index in [9.17, 15) is 4.79 Å². The first-order chi connectivity index (χ1) is 10.2. The molecule has 5 nitrogen and oxygen atoms in total. The molecule has 21 heavy (non-hydrogen) atoms. The van der Waals surface area contributed by atoms with Crippen LogP contribution in [0, 0.1) is 0 Å². The molecule has 3 N–H and O–H groups in total. The SMILES string of the molecule is CC(CN1CCOCC1)NC(=O)Cc1ccccc1CN. The summed E-state index contributed by atoms with van der Waals surface area (Å²) in [5.74, 6) is 0.0525. The van der Waals surface area contributed by atoms with E-state index in [0.717, 1.165) is 44.0 Å². The number of nitrogens with one attached hydrogen (secondary N) is 1. The Hall–Kier alpha value is -1.43. The third-order valence-electron chi connectivity index (χ3n) is 3.73. The van der Waals surface area contributed by atoms with Crippen molar-refractivity contribution in [2.75, 3.05) is 32.8 Å². The average molecular weight is 291 g/mol. The second kappa shape index (κ2) is 8.12. The summed E-state index contributed by atoms with van der Waals surface area (Å²) in [5, 5.41) is 3.06. The number of benzene rings is 1. The molecule has 0 aliphatic carbocycles. The summed E-state index contributed by atoms with van der Waals surface area (Å²) in [6, 6.07) is 7.97. The number of hydrogen-bond acceptors (Lipinski definition) is 4. The smallest absolute Gasteiger partial charge is 0.224 e. The number of rotatable bonds is 6. The maximum atomic E-state index is 12.1. The Morgan fingerprint density at radius 2 is 2.00 bits per heavy atom. The van der Waals surface area contributed by atoms with Crippen LogP contribution in [0.4, 0.5) is 0 Å². The number of amides is 1. The third-order valence-corrected chi connectivity index (χ3v) is 3.73. The number of nitrogens with zero attached hydrogens (tertiary/aromatic N) is 1. The number of nitrogens with two attached hydrogens (primary N) is 1. The Balaban J connectivity index is 1.80. The van der Waals surface area contributed by atoms with Gasteiger partial charge in [-0.25, -0.2) is 0 Å². The molecule has 0 aromatic heterocycles. The lowest BCUT2D eigenvalue weighted by Gasteiger charge is -2.29. The van der Waals surface area contributed by atoms with E-state index in [4.69, 9.17) is 10.5 Å². The van der Waals surface area contributed by atoms with Gasteiger partial charge in [0.15, 0.2) is 0 Å². The minimum absolute atomic E-state index is 0.0525. The van der Waals surface area contributed by atoms with Crippen molar-refractivity contribution < 1.29 is 9.53 Å². The molecule has 0 saturated carbocycles. The Kier molecular flexibility index (Phi) is 6.17. The summed E-state index contributed by atoms with van der Waals surface area (Å²) >= 11 is 0. The summed E-state index contributed by atoms with van der Waals surface area (Å²) in [5.41, 5.74) is 7.75. The molecule has 1 atom stereocenters. The lowest BCUT2D eigenvalue weighted by atomic mass is 10.0. The van der Waals surface area contributed by atoms with Crippen molar-refractivity contribution in [3.8, 4) is 0 Å². The highest BCUT2D eigenvalue weighted by Crippen LogP contribution is 2.09. The van der Waals surface area contributed by atoms with Crippen LogP contribution in [0.2, 0.25) is 0 Å². The molecule has 5 heteroatoms. The van der Waals surface area contributed by atoms with Crippen molar-refractivity contribution in [2.45, 2.75) is 25.9 Å². The molecule has 0 bridgehead atoms. The quantitative estimate of drug-likeness (QED) is 0.802. The summed E-state index contributed by atoms with van der Waals surface area (Å²) in [4.78, 5) is 14.5. The van der Waals surface area contributed by atoms with Crippen molar-refractivity contribution in [1.29, 1.82) is 0 Å². The second-order valence-corrected chi connectivity index (χ2v) is 5.53. The molecule has 1 aromatic rings. The van der Waals surface area contributed by atoms with Crippen LogP contribution < -0.4 is 11.1 Å². The maximum absolute atomic E-state index is 12.1. The molecule has 1 unspecified atom stereocenters. The summed E-state index contributed by atoms with van der Waals surface area (Å²) in [6.45, 7) is 6.82. The van der Waals surface area contributed by atoms with E-state index in [-0.39, 0.29) is 11.9 Å². The standard InChI is InChI=1S/C16H25N3O2/c1-13(12-19-6-8-21-9-7-19)18-16(20)10-14-4-2-3-5-15(14)11-17/h2-5,13H,6-12,17H2,1H3,(H,18,20). The molecule has 1 amide bonds. The molecule has 1 heterocycles. The first-order valence-corrected chi connectivity index (χ1v) is 7.55. The molecule has 1 saturated heterocycles. The third kappa shape index (κ3) is 5.12. The van der Waals surface area contributed by atoms with E-state index in [2.05, 4.69) is 10.2 Å². The zero-order valence-corrected chi connectivity index (χ0v) is 12.7. The van der Waals surface area contributed by atoms with Crippen molar-refractivity contribution in [3.63, 3.8) is 0 Å². The van der Waals surface area contributed by atoms with Crippen molar-refractivity contribution in [1.82, 2.24) is 10.2 Å². The Morgan fingerprint density at radius 3 is 2.67 bits per heavy atom. The molecule has 0 spiro atoms. The van der Waals surface area contributed by atoms with Gasteiger partial charge >= 0.3 is 0 Å². The topological polar surface area (TPSA) is 67.6 Å². The van der Waals surface area contributed by atoms with Gasteiger partial charge in [-0.2, -0.15) is 0 Å². The first kappa shape index (κ1) is 15.9. The zero-order valence-electron chi connectivity index (χ0n) is 12.7. The predicted octanol–water partition coefficient (Wildman–Crippen LogP) is 0.525. The minimum Gasteiger partial charge on any atom is -0.379 e. The van der Waals surface area contributed by atoms with Crippen LogP contribution in [-0.4, -0.2) is 49.7 Å². The van der Waals surface area contributed by atoms with Crippen LogP contribution in [0.1, 0.15) is 18.1 Å². The minimum atomic E-state index is 0.0525. The summed E-state index contributed by atoms with van der Waals surface area (Å²) in [7, 11) is 0. The van der Waals surface area contributed by atoms with Crippen LogP contribution in [0.25, 0.3) is 0 Å². The van der Waals surface area contributed by atoms with Crippen LogP contribution in [0.3, 0.4) is 0 Å². The first-order valence-electron chi connectivity index (χ1n) is 7.55. The van der Waals surface area contributed by atoms with E-state index >= 15 is 0 Å². The highest BCUT2D eigenvalue weighted by molar-refractivity contribution is 5.79. The average Bonchev–Trinajstić information content (AvgIpc) is 2.48. The molecule has 1 aliphatic rings. The van der Waals surface area contributed by atoms with Gasteiger partial charge in [-0.05, 0) is 18.1 Å². The van der Waals surface area contributed by atoms with Crippen LogP contribution in [0.5, 0.6) is 0 Å². The van der Waals surface area contributed by atoms with E-state index in [1.54, 1.807) is 0 Å². The van der Waals surface area contributed by atoms with Gasteiger partial charge < -0.3 is 15.8 Å². The van der Waals surface area contributed by atoms with Gasteiger partial charge in [0, 0.05) is 32.2 Å². The van der Waals surface area contributed by atoms with Crippen molar-refractivity contribution in [3.05, 3.63) is 35.4 Å². The molecule has 1 aliphatic heterocycles. The maximum Gasteiger partial charge on any atom is 0.224 e. The zero-order chi connectivity index (χ0) is 15.1. The van der Waals surface area contributed by atoms with Gasteiger partial charge in [0.25, 0.3) is 0 Å². The highest BCUT2D eigenvalue weighted by Gasteiger charge is 2.15. The Labute approximate surface area is 126 Å². The Bertz CT molecular complexity index is 459. The van der Waals surface area contributed by atoms with E-state index in [0.29, 0.717) is 13.0 Å². The fourth-order valence-electron chi connectivity index (χ4n) is 2.64. The largest absolute Gasteiger partial charge is 0.379 e. The monoisotopic (exact) mass is 291 g/mol. The van der Waals surface area contributed by atoms with E-state index < -0.39 is 0 Å². The molecule has 2 rings (SSSR count). The molecular weight excluding hydrogens is 266 g/mol. The fourth-order valence-corrected chi connectivity index (χ4v) is 2.64. The summed E-state index contributed by atoms with van der Waals surface area (Å²) in [6.07, 6.45) is 0.390. The second-order valence-electron chi connectivity index (χ2n) is 5.53. The fraction of sp³-hybridized carbons (Fsp3) is 0.562. The lowest BCUT2D eigenvalue weighted by molar-refractivity contribution is -0.121. The van der Waals surface area contributed by atoms with Crippen molar-refractivity contribution >= 4 is 5.91 Å². The normalized spacial score (nSPS) is 17.4. The molecule has 0 radical (unpaired) electrons.